The first kappa shape index (κ1) is 23.5. The standard InChI is InChI=1S/C21H18N4O7S/c1-30-17-9-14(11-22-24-21-23-20(27)18(33-21)10-19(26)31-2)5-8-16(17)32-12-13-3-6-15(7-4-13)25(28)29/h3-11H,12H2,1-2H3,(H,23,24,27)/b18-10+,22-11?. The second-order valence-corrected chi connectivity index (χ2v) is 7.39. The number of rotatable bonds is 8. The average molecular weight is 470 g/mol. The van der Waals surface area contributed by atoms with E-state index in [1.807, 2.05) is 0 Å². The number of carbonyl (C=O) groups excluding carboxylic acids is 2. The van der Waals surface area contributed by atoms with E-state index >= 15 is 0 Å². The number of hydrogen-bond acceptors (Lipinski definition) is 10. The molecule has 1 heterocycles. The van der Waals surface area contributed by atoms with Gasteiger partial charge in [0.1, 0.15) is 6.61 Å². The molecule has 2 aromatic carbocycles. The average Bonchev–Trinajstić information content (AvgIpc) is 3.16. The Labute approximate surface area is 192 Å². The van der Waals surface area contributed by atoms with Crippen molar-refractivity contribution >= 4 is 40.7 Å². The van der Waals surface area contributed by atoms with Crippen molar-refractivity contribution in [3.63, 3.8) is 0 Å². The molecule has 1 aliphatic rings. The number of methoxy groups -OCH3 is 2. The summed E-state index contributed by atoms with van der Waals surface area (Å²) in [7, 11) is 2.71. The topological polar surface area (TPSA) is 142 Å². The molecule has 0 radical (unpaired) electrons. The molecule has 1 N–H and O–H groups in total. The summed E-state index contributed by atoms with van der Waals surface area (Å²) in [5.74, 6) is -0.160. The summed E-state index contributed by atoms with van der Waals surface area (Å²) in [6, 6.07) is 11.2. The number of nitro benzene ring substituents is 1. The lowest BCUT2D eigenvalue weighted by atomic mass is 10.2. The minimum Gasteiger partial charge on any atom is -0.493 e. The van der Waals surface area contributed by atoms with Crippen LogP contribution in [0.4, 0.5) is 5.69 Å². The Morgan fingerprint density at radius 2 is 1.94 bits per heavy atom. The van der Waals surface area contributed by atoms with Crippen molar-refractivity contribution in [2.24, 2.45) is 10.2 Å². The van der Waals surface area contributed by atoms with E-state index in [0.29, 0.717) is 17.1 Å². The van der Waals surface area contributed by atoms with Gasteiger partial charge in [0.15, 0.2) is 16.7 Å². The van der Waals surface area contributed by atoms with Crippen LogP contribution in [-0.4, -0.2) is 42.4 Å². The van der Waals surface area contributed by atoms with Crippen molar-refractivity contribution in [2.75, 3.05) is 14.2 Å². The van der Waals surface area contributed by atoms with Gasteiger partial charge in [-0.2, -0.15) is 5.10 Å². The summed E-state index contributed by atoms with van der Waals surface area (Å²) in [6.45, 7) is 0.202. The third-order valence-electron chi connectivity index (χ3n) is 4.19. The number of carbonyl (C=O) groups is 2. The van der Waals surface area contributed by atoms with Crippen molar-refractivity contribution in [1.82, 2.24) is 5.32 Å². The van der Waals surface area contributed by atoms with Crippen molar-refractivity contribution in [1.29, 1.82) is 0 Å². The summed E-state index contributed by atoms with van der Waals surface area (Å²) >= 11 is 0.968. The zero-order valence-corrected chi connectivity index (χ0v) is 18.3. The fourth-order valence-electron chi connectivity index (χ4n) is 2.55. The summed E-state index contributed by atoms with van der Waals surface area (Å²) in [4.78, 5) is 33.5. The first-order valence-electron chi connectivity index (χ1n) is 9.33. The van der Waals surface area contributed by atoms with Crippen LogP contribution in [0.3, 0.4) is 0 Å². The highest BCUT2D eigenvalue weighted by Gasteiger charge is 2.25. The van der Waals surface area contributed by atoms with Gasteiger partial charge in [0.2, 0.25) is 0 Å². The second-order valence-electron chi connectivity index (χ2n) is 6.36. The fourth-order valence-corrected chi connectivity index (χ4v) is 3.29. The maximum absolute atomic E-state index is 11.8. The van der Waals surface area contributed by atoms with E-state index < -0.39 is 16.8 Å². The number of nitrogens with zero attached hydrogens (tertiary/aromatic N) is 3. The Hall–Kier alpha value is -4.19. The number of nitrogens with one attached hydrogen (secondary N) is 1. The first-order chi connectivity index (χ1) is 15.9. The molecule has 1 aliphatic heterocycles. The van der Waals surface area contributed by atoms with Crippen LogP contribution in [0.25, 0.3) is 0 Å². The largest absolute Gasteiger partial charge is 0.493 e. The predicted molar refractivity (Wildman–Crippen MR) is 121 cm³/mol. The lowest BCUT2D eigenvalue weighted by molar-refractivity contribution is -0.384. The monoisotopic (exact) mass is 470 g/mol. The van der Waals surface area contributed by atoms with E-state index in [1.165, 1.54) is 32.6 Å². The van der Waals surface area contributed by atoms with E-state index in [-0.39, 0.29) is 22.4 Å². The summed E-state index contributed by atoms with van der Waals surface area (Å²) in [5, 5.41) is 21.3. The van der Waals surface area contributed by atoms with E-state index in [0.717, 1.165) is 23.4 Å². The zero-order valence-electron chi connectivity index (χ0n) is 17.5. The Bertz CT molecular complexity index is 1160. The van der Waals surface area contributed by atoms with Crippen molar-refractivity contribution in [3.8, 4) is 11.5 Å². The van der Waals surface area contributed by atoms with Crippen LogP contribution in [0.15, 0.2) is 63.6 Å². The van der Waals surface area contributed by atoms with Crippen molar-refractivity contribution in [2.45, 2.75) is 6.61 Å². The molecule has 0 bridgehead atoms. The van der Waals surface area contributed by atoms with Crippen LogP contribution < -0.4 is 14.8 Å². The summed E-state index contributed by atoms with van der Waals surface area (Å²) in [5.41, 5.74) is 1.44. The maximum atomic E-state index is 11.8. The molecule has 0 aliphatic carbocycles. The van der Waals surface area contributed by atoms with Gasteiger partial charge in [-0.3, -0.25) is 20.2 Å². The smallest absolute Gasteiger partial charge is 0.331 e. The highest BCUT2D eigenvalue weighted by molar-refractivity contribution is 8.18. The lowest BCUT2D eigenvalue weighted by Crippen LogP contribution is -2.19. The number of hydrogen-bond donors (Lipinski definition) is 1. The van der Waals surface area contributed by atoms with Gasteiger partial charge >= 0.3 is 5.97 Å². The highest BCUT2D eigenvalue weighted by atomic mass is 32.2. The number of non-ortho nitro benzene ring substituents is 1. The summed E-state index contributed by atoms with van der Waals surface area (Å²) in [6.07, 6.45) is 2.54. The molecule has 12 heteroatoms. The molecule has 11 nitrogen and oxygen atoms in total. The van der Waals surface area contributed by atoms with Gasteiger partial charge < -0.3 is 14.2 Å². The molecule has 1 fully saturated rings. The minimum absolute atomic E-state index is 0.00910. The molecule has 1 amide bonds. The second kappa shape index (κ2) is 10.9. The predicted octanol–water partition coefficient (Wildman–Crippen LogP) is 2.79. The Kier molecular flexibility index (Phi) is 7.76. The molecule has 0 atom stereocenters. The van der Waals surface area contributed by atoms with Crippen molar-refractivity contribution < 1.29 is 28.7 Å². The molecule has 0 saturated carbocycles. The van der Waals surface area contributed by atoms with Gasteiger partial charge in [-0.05, 0) is 53.2 Å². The maximum Gasteiger partial charge on any atom is 0.331 e. The fraction of sp³-hybridized carbons (Fsp3) is 0.143. The van der Waals surface area contributed by atoms with Crippen LogP contribution in [0.5, 0.6) is 11.5 Å². The van der Waals surface area contributed by atoms with E-state index in [4.69, 9.17) is 9.47 Å². The number of benzene rings is 2. The Morgan fingerprint density at radius 3 is 2.61 bits per heavy atom. The van der Waals surface area contributed by atoms with Gasteiger partial charge in [-0.1, -0.05) is 0 Å². The van der Waals surface area contributed by atoms with Crippen LogP contribution >= 0.6 is 11.8 Å². The minimum atomic E-state index is -0.639. The molecule has 1 saturated heterocycles. The molecule has 33 heavy (non-hydrogen) atoms. The van der Waals surface area contributed by atoms with Gasteiger partial charge in [-0.25, -0.2) is 4.79 Å². The molecule has 0 aromatic heterocycles. The van der Waals surface area contributed by atoms with Crippen LogP contribution in [0.1, 0.15) is 11.1 Å². The normalized spacial score (nSPS) is 15.6. The SMILES string of the molecule is COC(=O)/C=C1/S/C(=N\N=Cc2ccc(OCc3ccc([N+](=O)[O-])cc3)c(OC)c2)NC1=O. The molecule has 0 unspecified atom stereocenters. The van der Waals surface area contributed by atoms with Crippen LogP contribution in [-0.2, 0) is 20.9 Å². The number of ether oxygens (including phenoxy) is 3. The molecular formula is C21H18N4O7S. The van der Waals surface area contributed by atoms with Gasteiger partial charge in [0.05, 0.1) is 30.3 Å². The van der Waals surface area contributed by atoms with E-state index in [9.17, 15) is 19.7 Å². The third kappa shape index (κ3) is 6.40. The summed E-state index contributed by atoms with van der Waals surface area (Å²) < 4.78 is 15.6. The van der Waals surface area contributed by atoms with Gasteiger partial charge in [0, 0.05) is 18.2 Å². The molecular weight excluding hydrogens is 452 g/mol. The lowest BCUT2D eigenvalue weighted by Gasteiger charge is -2.11. The Balaban J connectivity index is 1.63. The van der Waals surface area contributed by atoms with Crippen LogP contribution in [0, 0.1) is 10.1 Å². The molecule has 170 valence electrons. The first-order valence-corrected chi connectivity index (χ1v) is 10.2. The number of esters is 1. The quantitative estimate of drug-likeness (QED) is 0.204. The van der Waals surface area contributed by atoms with Gasteiger partial charge in [0.25, 0.3) is 11.6 Å². The van der Waals surface area contributed by atoms with E-state index in [1.54, 1.807) is 30.3 Å². The van der Waals surface area contributed by atoms with Gasteiger partial charge in [-0.15, -0.1) is 5.10 Å². The van der Waals surface area contributed by atoms with E-state index in [2.05, 4.69) is 20.3 Å². The Morgan fingerprint density at radius 1 is 1.18 bits per heavy atom. The van der Waals surface area contributed by atoms with Crippen LogP contribution in [0.2, 0.25) is 0 Å². The number of amidine groups is 1. The molecule has 2 aromatic rings. The number of nitro groups is 1. The number of amides is 1. The third-order valence-corrected chi connectivity index (χ3v) is 5.09. The molecule has 0 spiro atoms. The zero-order chi connectivity index (χ0) is 23.8. The number of thioether (sulfide) groups is 1. The van der Waals surface area contributed by atoms with Crippen molar-refractivity contribution in [3.05, 3.63) is 74.7 Å². The molecule has 3 rings (SSSR count). The highest BCUT2D eigenvalue weighted by Crippen LogP contribution is 2.29.